The third kappa shape index (κ3) is 0.135. The van der Waals surface area contributed by atoms with Gasteiger partial charge in [0.05, 0.1) is 0 Å². The van der Waals surface area contributed by atoms with Gasteiger partial charge in [0.25, 0.3) is 0 Å². The van der Waals surface area contributed by atoms with Gasteiger partial charge in [0.2, 0.25) is 0 Å². The summed E-state index contributed by atoms with van der Waals surface area (Å²) in [6.45, 7) is 2.57. The molecule has 2 heteroatoms. The Bertz CT molecular complexity index is 968. The van der Waals surface area contributed by atoms with E-state index >= 15 is 0 Å². The molecule has 0 aromatic carbocycles. The van der Waals surface area contributed by atoms with Gasteiger partial charge in [-0.1, -0.05) is 0 Å². The first-order chi connectivity index (χ1) is 9.97. The molecule has 116 valence electrons. The Kier molecular flexibility index (Phi) is 0.434. The van der Waals surface area contributed by atoms with Crippen LogP contribution in [0.25, 0.3) is 0 Å². The summed E-state index contributed by atoms with van der Waals surface area (Å²) in [7, 11) is 0.445. The molecule has 21 heavy (non-hydrogen) atoms. The van der Waals surface area contributed by atoms with Crippen molar-refractivity contribution < 1.29 is 6.51 Å². The Balaban J connectivity index is 1.30. The molecule has 11 fully saturated rings. The number of hydrogen-bond donors (Lipinski definition) is 0. The van der Waals surface area contributed by atoms with Crippen molar-refractivity contribution in [3.8, 4) is 0 Å². The van der Waals surface area contributed by atoms with E-state index < -0.39 is 6.51 Å². The minimum atomic E-state index is -2.80. The van der Waals surface area contributed by atoms with Crippen molar-refractivity contribution in [2.75, 3.05) is 0 Å². The number of rotatable bonds is 3. The second kappa shape index (κ2) is 0.965. The van der Waals surface area contributed by atoms with E-state index in [1.807, 2.05) is 0 Å². The first-order valence-corrected chi connectivity index (χ1v) is 17.7. The first kappa shape index (κ1) is 9.44. The number of fused-ring (bicyclic) bond motifs is 10. The molecular weight excluding hydrogens is 315 g/mol. The molecule has 5 unspecified atom stereocenters. The monoisotopic (exact) mass is 342 g/mol. The summed E-state index contributed by atoms with van der Waals surface area (Å²) in [5.74, 6) is 0. The van der Waals surface area contributed by atoms with Crippen LogP contribution in [-0.4, -0.2) is 15.4 Å². The van der Waals surface area contributed by atoms with Gasteiger partial charge >= 0.3 is 119 Å². The molecule has 10 aliphatic heterocycles. The van der Waals surface area contributed by atoms with E-state index in [9.17, 15) is 0 Å². The van der Waals surface area contributed by atoms with Gasteiger partial charge in [-0.15, -0.1) is 0 Å². The normalized spacial score (nSPS) is 106. The topological polar surface area (TPSA) is 0 Å². The van der Waals surface area contributed by atoms with Crippen LogP contribution in [0.4, 0.5) is 0 Å². The van der Waals surface area contributed by atoms with Gasteiger partial charge in [0, 0.05) is 0 Å². The molecule has 0 radical (unpaired) electrons. The van der Waals surface area contributed by atoms with Crippen molar-refractivity contribution in [2.45, 2.75) is 105 Å². The minimum absolute atomic E-state index is 0.445. The van der Waals surface area contributed by atoms with Gasteiger partial charge in [0.15, 0.2) is 0 Å². The standard InChI is InChI=1S/C14H22P.C5H5.Fe/c1-12(2)15(14-10-6-7-11-14)13-8-4-3-5-9-13;1-2-4-5-3-1;/h6-7,10-13H,3-5,8-9H2,1-2H3;1-5H;. The molecule has 0 aromatic rings. The van der Waals surface area contributed by atoms with E-state index in [0.29, 0.717) is 7.92 Å². The second-order valence-electron chi connectivity index (χ2n) is 13.4. The van der Waals surface area contributed by atoms with Crippen LogP contribution in [0.2, 0.25) is 43.3 Å². The summed E-state index contributed by atoms with van der Waals surface area (Å²) in [4.78, 5) is 14.1. The van der Waals surface area contributed by atoms with Gasteiger partial charge in [-0.05, 0) is 0 Å². The van der Waals surface area contributed by atoms with Crippen LogP contribution < -0.4 is 0 Å². The zero-order valence-corrected chi connectivity index (χ0v) is 15.2. The van der Waals surface area contributed by atoms with Gasteiger partial charge in [-0.25, -0.2) is 0 Å². The quantitative estimate of drug-likeness (QED) is 0.405. The molecule has 1 saturated carbocycles. The molecule has 0 N–H and O–H groups in total. The van der Waals surface area contributed by atoms with Crippen LogP contribution in [0, 0.1) is 0 Å². The molecule has 0 amide bonds. The van der Waals surface area contributed by atoms with Gasteiger partial charge in [-0.3, -0.25) is 0 Å². The molecule has 1 aliphatic carbocycles. The third-order valence-electron chi connectivity index (χ3n) is 17.5. The van der Waals surface area contributed by atoms with E-state index in [0.717, 1.165) is 5.66 Å². The van der Waals surface area contributed by atoms with Gasteiger partial charge in [0.1, 0.15) is 0 Å². The Labute approximate surface area is 119 Å². The van der Waals surface area contributed by atoms with E-state index in [1.165, 1.54) is 9.71 Å². The third-order valence-corrected chi connectivity index (χ3v) is 67.9. The molecular formula is C19H27FeP. The summed E-state index contributed by atoms with van der Waals surface area (Å²) in [5.41, 5.74) is 2.36. The Morgan fingerprint density at radius 3 is 1.67 bits per heavy atom. The van der Waals surface area contributed by atoms with Crippen LogP contribution in [0.3, 0.4) is 0 Å². The zero-order chi connectivity index (χ0) is 13.3. The van der Waals surface area contributed by atoms with E-state index in [4.69, 9.17) is 0 Å². The van der Waals surface area contributed by atoms with Crippen LogP contribution in [-0.2, 0) is 6.51 Å². The molecule has 11 aliphatic rings. The van der Waals surface area contributed by atoms with Crippen LogP contribution in [0.15, 0.2) is 0 Å². The van der Waals surface area contributed by atoms with Crippen molar-refractivity contribution in [2.24, 2.45) is 0 Å². The zero-order valence-electron chi connectivity index (χ0n) is 13.2. The molecule has 0 aromatic heterocycles. The summed E-state index contributed by atoms with van der Waals surface area (Å²) >= 11 is 0. The Hall–Kier alpha value is 0.949. The van der Waals surface area contributed by atoms with Crippen LogP contribution in [0.1, 0.15) is 46.0 Å². The molecule has 5 atom stereocenters. The predicted molar refractivity (Wildman–Crippen MR) is 85.4 cm³/mol. The summed E-state index contributed by atoms with van der Waals surface area (Å²) in [6, 6.07) is 0. The fraction of sp³-hybridized carbons (Fsp3) is 1.00. The van der Waals surface area contributed by atoms with Crippen molar-refractivity contribution >= 4 is 7.92 Å². The average Bonchev–Trinajstić information content (AvgIpc) is 3.42. The molecule has 11 rings (SSSR count). The fourth-order valence-electron chi connectivity index (χ4n) is 19.2. The molecule has 1 spiro atoms. The van der Waals surface area contributed by atoms with Crippen molar-refractivity contribution in [3.05, 3.63) is 0 Å². The Morgan fingerprint density at radius 2 is 1.33 bits per heavy atom. The van der Waals surface area contributed by atoms with Gasteiger partial charge in [-0.2, -0.15) is 0 Å². The van der Waals surface area contributed by atoms with E-state index in [1.54, 1.807) is 75.5 Å². The maximum absolute atomic E-state index is 2.80. The first-order valence-electron chi connectivity index (χ1n) is 9.97. The molecule has 10 heterocycles. The van der Waals surface area contributed by atoms with Crippen LogP contribution in [0.5, 0.6) is 0 Å². The van der Waals surface area contributed by atoms with Gasteiger partial charge < -0.3 is 0 Å². The molecule has 0 bridgehead atoms. The predicted octanol–water partition coefficient (Wildman–Crippen LogP) is 6.51. The maximum atomic E-state index is 2.69. The number of hydrogen-bond acceptors (Lipinski definition) is 0. The molecule has 0 nitrogen and oxygen atoms in total. The van der Waals surface area contributed by atoms with E-state index in [-0.39, 0.29) is 0 Å². The molecule has 10 saturated heterocycles. The SMILES string of the molecule is CC(C)P(C1CCCCC1)[C]12[CH]3[CH]4[CH]5[CH]1[Fe]45321678[CH]2[CH]1[CH]6[CH]7[CH]28. The van der Waals surface area contributed by atoms with E-state index in [2.05, 4.69) is 13.8 Å². The second-order valence-corrected chi connectivity index (χ2v) is 40.7. The fourth-order valence-corrected chi connectivity index (χ4v) is 110. The van der Waals surface area contributed by atoms with Crippen molar-refractivity contribution in [1.82, 2.24) is 0 Å². The Morgan fingerprint density at radius 1 is 0.810 bits per heavy atom. The summed E-state index contributed by atoms with van der Waals surface area (Å²) in [6.07, 6.45) is 8.11. The summed E-state index contributed by atoms with van der Waals surface area (Å²) < 4.78 is 1.25. The van der Waals surface area contributed by atoms with Crippen molar-refractivity contribution in [1.29, 1.82) is 0 Å². The van der Waals surface area contributed by atoms with Crippen LogP contribution >= 0.6 is 7.92 Å². The summed E-state index contributed by atoms with van der Waals surface area (Å²) in [5, 5.41) is 0. The average molecular weight is 342 g/mol. The van der Waals surface area contributed by atoms with Crippen molar-refractivity contribution in [3.63, 3.8) is 0 Å².